The number of aliphatic hydroxyl groups is 1. The second-order valence-electron chi connectivity index (χ2n) is 5.92. The number of halogens is 1. The van der Waals surface area contributed by atoms with Crippen LogP contribution in [0.1, 0.15) is 25.5 Å². The summed E-state index contributed by atoms with van der Waals surface area (Å²) in [6, 6.07) is 7.32. The molecule has 0 aliphatic carbocycles. The molecule has 2 N–H and O–H groups in total. The van der Waals surface area contributed by atoms with E-state index in [2.05, 4.69) is 24.1 Å². The molecule has 0 radical (unpaired) electrons. The molecule has 0 bridgehead atoms. The first-order chi connectivity index (χ1) is 10.9. The van der Waals surface area contributed by atoms with E-state index in [4.69, 9.17) is 11.6 Å². The fraction of sp³-hybridized carbons (Fsp3) is 0.625. The Morgan fingerprint density at radius 1 is 1.30 bits per heavy atom. The molecule has 3 unspecified atom stereocenters. The van der Waals surface area contributed by atoms with E-state index in [1.54, 1.807) is 0 Å². The van der Waals surface area contributed by atoms with Crippen LogP contribution in [0.5, 0.6) is 0 Å². The van der Waals surface area contributed by atoms with E-state index in [1.807, 2.05) is 24.3 Å². The van der Waals surface area contributed by atoms with Crippen LogP contribution in [-0.2, 0) is 9.84 Å². The van der Waals surface area contributed by atoms with Gasteiger partial charge in [-0.15, -0.1) is 0 Å². The Kier molecular flexibility index (Phi) is 6.45. The summed E-state index contributed by atoms with van der Waals surface area (Å²) in [4.78, 5) is 2.27. The molecule has 0 amide bonds. The first-order valence-corrected chi connectivity index (χ1v) is 10.2. The predicted molar refractivity (Wildman–Crippen MR) is 93.6 cm³/mol. The lowest BCUT2D eigenvalue weighted by atomic mass is 10.0. The van der Waals surface area contributed by atoms with Crippen LogP contribution >= 0.6 is 11.6 Å². The van der Waals surface area contributed by atoms with Gasteiger partial charge in [-0.3, -0.25) is 4.90 Å². The Morgan fingerprint density at radius 3 is 2.48 bits per heavy atom. The fourth-order valence-electron chi connectivity index (χ4n) is 3.13. The zero-order valence-electron chi connectivity index (χ0n) is 13.6. The summed E-state index contributed by atoms with van der Waals surface area (Å²) < 4.78 is 23.3. The highest BCUT2D eigenvalue weighted by Gasteiger charge is 2.36. The number of nitrogens with one attached hydrogen (secondary N) is 1. The molecule has 1 saturated heterocycles. The second kappa shape index (κ2) is 7.94. The van der Waals surface area contributed by atoms with E-state index in [9.17, 15) is 13.5 Å². The van der Waals surface area contributed by atoms with Gasteiger partial charge in [-0.25, -0.2) is 8.42 Å². The number of aliphatic hydroxyl groups excluding tert-OH is 1. The van der Waals surface area contributed by atoms with Gasteiger partial charge in [0, 0.05) is 23.7 Å². The molecule has 2 rings (SSSR count). The van der Waals surface area contributed by atoms with Crippen LogP contribution in [-0.4, -0.2) is 61.7 Å². The topological polar surface area (TPSA) is 69.6 Å². The van der Waals surface area contributed by atoms with Gasteiger partial charge in [-0.1, -0.05) is 43.6 Å². The number of nitrogens with zero attached hydrogens (tertiary/aromatic N) is 1. The van der Waals surface area contributed by atoms with Crippen molar-refractivity contribution < 1.29 is 13.5 Å². The summed E-state index contributed by atoms with van der Waals surface area (Å²) in [7, 11) is -3.15. The van der Waals surface area contributed by atoms with Gasteiger partial charge in [0.1, 0.15) is 0 Å². The minimum atomic E-state index is -3.15. The average Bonchev–Trinajstić information content (AvgIpc) is 2.77. The maximum atomic E-state index is 11.6. The molecule has 1 aliphatic heterocycles. The van der Waals surface area contributed by atoms with Gasteiger partial charge in [-0.05, 0) is 24.7 Å². The average molecular weight is 361 g/mol. The highest BCUT2D eigenvalue weighted by molar-refractivity contribution is 7.91. The molecule has 130 valence electrons. The highest BCUT2D eigenvalue weighted by Crippen LogP contribution is 2.27. The van der Waals surface area contributed by atoms with Crippen LogP contribution in [0.25, 0.3) is 0 Å². The lowest BCUT2D eigenvalue weighted by molar-refractivity contribution is 0.151. The van der Waals surface area contributed by atoms with Crippen molar-refractivity contribution >= 4 is 21.4 Å². The van der Waals surface area contributed by atoms with Gasteiger partial charge >= 0.3 is 0 Å². The standard InChI is InChI=1S/C16H25ClN2O3S/c1-3-19(4-2)15(12-7-5-6-8-13(12)17)9-18-14-10-23(21,22)11-16(14)20/h5-8,14-16,18,20H,3-4,9-11H2,1-2H3. The van der Waals surface area contributed by atoms with Crippen molar-refractivity contribution in [1.29, 1.82) is 0 Å². The predicted octanol–water partition coefficient (Wildman–Crippen LogP) is 1.47. The summed E-state index contributed by atoms with van der Waals surface area (Å²) >= 11 is 6.35. The molecule has 1 heterocycles. The molecule has 7 heteroatoms. The third-order valence-corrected chi connectivity index (χ3v) is 6.47. The molecule has 1 aromatic carbocycles. The van der Waals surface area contributed by atoms with E-state index < -0.39 is 22.0 Å². The molecule has 23 heavy (non-hydrogen) atoms. The smallest absolute Gasteiger partial charge is 0.154 e. The van der Waals surface area contributed by atoms with Gasteiger partial charge in [-0.2, -0.15) is 0 Å². The first kappa shape index (κ1) is 18.7. The molecule has 1 aliphatic rings. The number of hydrogen-bond donors (Lipinski definition) is 2. The quantitative estimate of drug-likeness (QED) is 0.770. The van der Waals surface area contributed by atoms with Crippen LogP contribution in [0, 0.1) is 0 Å². The lowest BCUT2D eigenvalue weighted by Gasteiger charge is -2.32. The SMILES string of the molecule is CCN(CC)C(CNC1CS(=O)(=O)CC1O)c1ccccc1Cl. The first-order valence-electron chi connectivity index (χ1n) is 7.98. The monoisotopic (exact) mass is 360 g/mol. The summed E-state index contributed by atoms with van der Waals surface area (Å²) in [5, 5.41) is 13.9. The van der Waals surface area contributed by atoms with E-state index in [1.165, 1.54) is 0 Å². The zero-order valence-corrected chi connectivity index (χ0v) is 15.1. The molecule has 3 atom stereocenters. The lowest BCUT2D eigenvalue weighted by Crippen LogP contribution is -2.44. The molecule has 0 aromatic heterocycles. The number of benzene rings is 1. The molecule has 1 fully saturated rings. The number of sulfone groups is 1. The number of likely N-dealkylation sites (N-methyl/N-ethyl adjacent to an activating group) is 1. The van der Waals surface area contributed by atoms with E-state index >= 15 is 0 Å². The van der Waals surface area contributed by atoms with Crippen molar-refractivity contribution in [2.45, 2.75) is 32.0 Å². The fourth-order valence-corrected chi connectivity index (χ4v) is 5.17. The van der Waals surface area contributed by atoms with Crippen LogP contribution in [0.3, 0.4) is 0 Å². The van der Waals surface area contributed by atoms with Gasteiger partial charge in [0.15, 0.2) is 9.84 Å². The highest BCUT2D eigenvalue weighted by atomic mass is 35.5. The summed E-state index contributed by atoms with van der Waals surface area (Å²) in [5.74, 6) is -0.172. The Morgan fingerprint density at radius 2 is 1.96 bits per heavy atom. The van der Waals surface area contributed by atoms with Crippen molar-refractivity contribution in [2.75, 3.05) is 31.1 Å². The van der Waals surface area contributed by atoms with Crippen molar-refractivity contribution in [3.63, 3.8) is 0 Å². The van der Waals surface area contributed by atoms with Crippen LogP contribution in [0.15, 0.2) is 24.3 Å². The number of hydrogen-bond acceptors (Lipinski definition) is 5. The third-order valence-electron chi connectivity index (χ3n) is 4.41. The summed E-state index contributed by atoms with van der Waals surface area (Å²) in [6.07, 6.45) is -0.844. The van der Waals surface area contributed by atoms with Crippen LogP contribution in [0.2, 0.25) is 5.02 Å². The Hall–Kier alpha value is -0.660. The Bertz CT molecular complexity index is 620. The Labute approximate surface area is 143 Å². The van der Waals surface area contributed by atoms with Crippen molar-refractivity contribution in [3.05, 3.63) is 34.9 Å². The molecule has 5 nitrogen and oxygen atoms in total. The van der Waals surface area contributed by atoms with E-state index in [0.717, 1.165) is 18.7 Å². The van der Waals surface area contributed by atoms with Crippen molar-refractivity contribution in [2.24, 2.45) is 0 Å². The van der Waals surface area contributed by atoms with Gasteiger partial charge in [0.05, 0.1) is 17.6 Å². The van der Waals surface area contributed by atoms with E-state index in [0.29, 0.717) is 11.6 Å². The maximum absolute atomic E-state index is 11.6. The third kappa shape index (κ3) is 4.67. The van der Waals surface area contributed by atoms with Crippen LogP contribution < -0.4 is 5.32 Å². The molecular formula is C16H25ClN2O3S. The van der Waals surface area contributed by atoms with E-state index in [-0.39, 0.29) is 17.5 Å². The zero-order chi connectivity index (χ0) is 17.0. The minimum Gasteiger partial charge on any atom is -0.390 e. The summed E-state index contributed by atoms with van der Waals surface area (Å²) in [6.45, 7) is 6.44. The largest absolute Gasteiger partial charge is 0.390 e. The maximum Gasteiger partial charge on any atom is 0.154 e. The molecular weight excluding hydrogens is 336 g/mol. The normalized spacial score (nSPS) is 24.9. The molecule has 0 spiro atoms. The van der Waals surface area contributed by atoms with Crippen LogP contribution in [0.4, 0.5) is 0 Å². The molecule has 0 saturated carbocycles. The summed E-state index contributed by atoms with van der Waals surface area (Å²) in [5.41, 5.74) is 1.01. The van der Waals surface area contributed by atoms with Gasteiger partial charge < -0.3 is 10.4 Å². The Balaban J connectivity index is 2.14. The molecule has 1 aromatic rings. The second-order valence-corrected chi connectivity index (χ2v) is 8.48. The van der Waals surface area contributed by atoms with Crippen molar-refractivity contribution in [3.8, 4) is 0 Å². The van der Waals surface area contributed by atoms with Crippen molar-refractivity contribution in [1.82, 2.24) is 10.2 Å². The number of rotatable bonds is 7. The van der Waals surface area contributed by atoms with Gasteiger partial charge in [0.2, 0.25) is 0 Å². The van der Waals surface area contributed by atoms with Gasteiger partial charge in [0.25, 0.3) is 0 Å². The minimum absolute atomic E-state index is 0.0122.